The zero-order valence-corrected chi connectivity index (χ0v) is 11.3. The molecule has 0 aliphatic rings. The molecular weight excluding hydrogens is 246 g/mol. The molecule has 0 saturated heterocycles. The number of ether oxygens (including phenoxy) is 1. The summed E-state index contributed by atoms with van der Waals surface area (Å²) in [6, 6.07) is -1.06. The van der Waals surface area contributed by atoms with Gasteiger partial charge in [-0.2, -0.15) is 0 Å². The first-order valence-electron chi connectivity index (χ1n) is 5.61. The number of hydrogen-bond donors (Lipinski definition) is 2. The monoisotopic (exact) mass is 267 g/mol. The van der Waals surface area contributed by atoms with Crippen LogP contribution in [0.25, 0.3) is 0 Å². The molecule has 0 bridgehead atoms. The molecule has 0 amide bonds. The van der Waals surface area contributed by atoms with Gasteiger partial charge in [0.15, 0.2) is 0 Å². The molecule has 2 unspecified atom stereocenters. The van der Waals surface area contributed by atoms with Gasteiger partial charge in [-0.05, 0) is 12.8 Å². The molecule has 0 spiro atoms. The molecular formula is C10H21NO5S. The van der Waals surface area contributed by atoms with Gasteiger partial charge in [0.05, 0.1) is 11.9 Å². The predicted octanol–water partition coefficient (Wildman–Crippen LogP) is 0.584. The van der Waals surface area contributed by atoms with Gasteiger partial charge in [0.2, 0.25) is 10.0 Å². The van der Waals surface area contributed by atoms with Crippen LogP contribution < -0.4 is 4.72 Å². The van der Waals surface area contributed by atoms with Crippen LogP contribution in [-0.4, -0.2) is 44.5 Å². The number of aliphatic carboxylic acids is 1. The first-order chi connectivity index (χ1) is 7.86. The van der Waals surface area contributed by atoms with Crippen LogP contribution in [-0.2, 0) is 19.6 Å². The summed E-state index contributed by atoms with van der Waals surface area (Å²) in [6.45, 7) is 3.61. The number of methoxy groups -OCH3 is 1. The van der Waals surface area contributed by atoms with Gasteiger partial charge in [0, 0.05) is 7.11 Å². The highest BCUT2D eigenvalue weighted by molar-refractivity contribution is 7.89. The van der Waals surface area contributed by atoms with Crippen molar-refractivity contribution in [2.24, 2.45) is 0 Å². The fraction of sp³-hybridized carbons (Fsp3) is 0.900. The third kappa shape index (κ3) is 6.60. The van der Waals surface area contributed by atoms with E-state index in [-0.39, 0.29) is 12.2 Å². The number of sulfonamides is 1. The second kappa shape index (κ2) is 7.62. The quantitative estimate of drug-likeness (QED) is 0.637. The topological polar surface area (TPSA) is 92.7 Å². The maximum Gasteiger partial charge on any atom is 0.321 e. The van der Waals surface area contributed by atoms with Crippen LogP contribution in [0.2, 0.25) is 0 Å². The Hall–Kier alpha value is -0.660. The van der Waals surface area contributed by atoms with Gasteiger partial charge < -0.3 is 9.84 Å². The lowest BCUT2D eigenvalue weighted by atomic mass is 10.2. The number of carboxylic acids is 1. The van der Waals surface area contributed by atoms with Crippen molar-refractivity contribution in [2.75, 3.05) is 12.9 Å². The molecule has 0 fully saturated rings. The van der Waals surface area contributed by atoms with Crippen LogP contribution >= 0.6 is 0 Å². The molecule has 0 aromatic rings. The van der Waals surface area contributed by atoms with Crippen LogP contribution in [0, 0.1) is 0 Å². The average Bonchev–Trinajstić information content (AvgIpc) is 2.25. The summed E-state index contributed by atoms with van der Waals surface area (Å²) in [5, 5.41) is 8.86. The Morgan fingerprint density at radius 2 is 2.00 bits per heavy atom. The summed E-state index contributed by atoms with van der Waals surface area (Å²) in [5.74, 6) is -1.37. The molecule has 0 aromatic carbocycles. The average molecular weight is 267 g/mol. The molecule has 2 atom stereocenters. The van der Waals surface area contributed by atoms with E-state index >= 15 is 0 Å². The Morgan fingerprint density at radius 1 is 1.41 bits per heavy atom. The molecule has 2 N–H and O–H groups in total. The minimum Gasteiger partial charge on any atom is -0.480 e. The first-order valence-corrected chi connectivity index (χ1v) is 7.27. The molecule has 0 aliphatic heterocycles. The number of carboxylic acid groups (broad SMARTS) is 1. The SMILES string of the molecule is CCCC(NS(=O)(=O)CC(CC)OC)C(=O)O. The lowest BCUT2D eigenvalue weighted by molar-refractivity contribution is -0.139. The highest BCUT2D eigenvalue weighted by Gasteiger charge is 2.25. The van der Waals surface area contributed by atoms with E-state index in [2.05, 4.69) is 4.72 Å². The third-order valence-corrected chi connectivity index (χ3v) is 3.85. The standard InChI is InChI=1S/C10H21NO5S/c1-4-6-9(10(12)13)11-17(14,15)7-8(5-2)16-3/h8-9,11H,4-7H2,1-3H3,(H,12,13). The van der Waals surface area contributed by atoms with E-state index in [1.54, 1.807) is 6.92 Å². The minimum atomic E-state index is -3.63. The fourth-order valence-corrected chi connectivity index (χ4v) is 2.99. The van der Waals surface area contributed by atoms with Gasteiger partial charge in [-0.25, -0.2) is 13.1 Å². The summed E-state index contributed by atoms with van der Waals surface area (Å²) in [4.78, 5) is 10.8. The molecule has 0 heterocycles. The van der Waals surface area contributed by atoms with Crippen molar-refractivity contribution in [3.8, 4) is 0 Å². The van der Waals surface area contributed by atoms with Crippen LogP contribution in [0.1, 0.15) is 33.1 Å². The minimum absolute atomic E-state index is 0.215. The molecule has 0 aliphatic carbocycles. The summed E-state index contributed by atoms with van der Waals surface area (Å²) in [5.41, 5.74) is 0. The highest BCUT2D eigenvalue weighted by Crippen LogP contribution is 2.04. The molecule has 7 heteroatoms. The van der Waals surface area contributed by atoms with Crippen LogP contribution in [0.5, 0.6) is 0 Å². The normalized spacial score (nSPS) is 15.5. The third-order valence-electron chi connectivity index (χ3n) is 2.39. The van der Waals surface area contributed by atoms with E-state index in [9.17, 15) is 13.2 Å². The summed E-state index contributed by atoms with van der Waals surface area (Å²) in [7, 11) is -2.19. The van der Waals surface area contributed by atoms with Gasteiger partial charge in [0.25, 0.3) is 0 Å². The van der Waals surface area contributed by atoms with E-state index in [1.807, 2.05) is 6.92 Å². The first kappa shape index (κ1) is 16.3. The molecule has 0 aromatic heterocycles. The van der Waals surface area contributed by atoms with E-state index in [4.69, 9.17) is 9.84 Å². The summed E-state index contributed by atoms with van der Waals surface area (Å²) >= 11 is 0. The fourth-order valence-electron chi connectivity index (χ4n) is 1.38. The van der Waals surface area contributed by atoms with Crippen molar-refractivity contribution in [3.05, 3.63) is 0 Å². The van der Waals surface area contributed by atoms with Crippen molar-refractivity contribution in [2.45, 2.75) is 45.3 Å². The van der Waals surface area contributed by atoms with E-state index in [1.165, 1.54) is 7.11 Å². The molecule has 0 radical (unpaired) electrons. The second-order valence-corrected chi connectivity index (χ2v) is 5.64. The number of rotatable bonds is 9. The lowest BCUT2D eigenvalue weighted by Crippen LogP contribution is -2.43. The maximum atomic E-state index is 11.7. The van der Waals surface area contributed by atoms with Crippen molar-refractivity contribution >= 4 is 16.0 Å². The Kier molecular flexibility index (Phi) is 7.33. The van der Waals surface area contributed by atoms with Crippen LogP contribution in [0.15, 0.2) is 0 Å². The van der Waals surface area contributed by atoms with Crippen LogP contribution in [0.4, 0.5) is 0 Å². The predicted molar refractivity (Wildman–Crippen MR) is 64.3 cm³/mol. The molecule has 6 nitrogen and oxygen atoms in total. The Balaban J connectivity index is 4.55. The highest BCUT2D eigenvalue weighted by atomic mass is 32.2. The van der Waals surface area contributed by atoms with Crippen molar-refractivity contribution < 1.29 is 23.1 Å². The van der Waals surface area contributed by atoms with Crippen LogP contribution in [0.3, 0.4) is 0 Å². The Labute approximate surface area is 102 Å². The van der Waals surface area contributed by atoms with Gasteiger partial charge in [-0.15, -0.1) is 0 Å². The van der Waals surface area contributed by atoms with E-state index in [0.29, 0.717) is 12.8 Å². The number of carbonyl (C=O) groups is 1. The van der Waals surface area contributed by atoms with Gasteiger partial charge in [-0.1, -0.05) is 20.3 Å². The Bertz CT molecular complexity index is 324. The zero-order chi connectivity index (χ0) is 13.5. The molecule has 0 saturated carbocycles. The van der Waals surface area contributed by atoms with Gasteiger partial charge in [-0.3, -0.25) is 4.79 Å². The van der Waals surface area contributed by atoms with Gasteiger partial charge in [0.1, 0.15) is 6.04 Å². The number of hydrogen-bond acceptors (Lipinski definition) is 4. The molecule has 17 heavy (non-hydrogen) atoms. The van der Waals surface area contributed by atoms with Crippen molar-refractivity contribution in [1.29, 1.82) is 0 Å². The smallest absolute Gasteiger partial charge is 0.321 e. The summed E-state index contributed by atoms with van der Waals surface area (Å²) in [6.07, 6.45) is 1.02. The molecule has 0 rings (SSSR count). The zero-order valence-electron chi connectivity index (χ0n) is 10.5. The van der Waals surface area contributed by atoms with Crippen molar-refractivity contribution in [1.82, 2.24) is 4.72 Å². The molecule has 102 valence electrons. The lowest BCUT2D eigenvalue weighted by Gasteiger charge is -2.17. The Morgan fingerprint density at radius 3 is 2.35 bits per heavy atom. The van der Waals surface area contributed by atoms with Gasteiger partial charge >= 0.3 is 5.97 Å². The largest absolute Gasteiger partial charge is 0.480 e. The second-order valence-electron chi connectivity index (χ2n) is 3.84. The number of nitrogens with one attached hydrogen (secondary N) is 1. The maximum absolute atomic E-state index is 11.7. The summed E-state index contributed by atoms with van der Waals surface area (Å²) < 4.78 is 30.5. The van der Waals surface area contributed by atoms with E-state index in [0.717, 1.165) is 0 Å². The van der Waals surface area contributed by atoms with E-state index < -0.39 is 28.1 Å². The van der Waals surface area contributed by atoms with Crippen molar-refractivity contribution in [3.63, 3.8) is 0 Å².